The Labute approximate surface area is 112 Å². The maximum Gasteiger partial charge on any atom is 0.176 e. The van der Waals surface area contributed by atoms with Gasteiger partial charge in [0.1, 0.15) is 0 Å². The van der Waals surface area contributed by atoms with Crippen molar-refractivity contribution in [2.75, 3.05) is 13.2 Å². The van der Waals surface area contributed by atoms with E-state index in [1.54, 1.807) is 12.1 Å². The molecule has 0 aliphatic carbocycles. The standard InChI is InChI=1S/C12H17Cl2NO2/c1-3-16-12(17-4-2)11(15)8-5-6-9(13)10(14)7-8/h5-7,11-12H,3-4,15H2,1-2H3. The average molecular weight is 278 g/mol. The van der Waals surface area contributed by atoms with E-state index in [2.05, 4.69) is 0 Å². The van der Waals surface area contributed by atoms with E-state index in [9.17, 15) is 0 Å². The average Bonchev–Trinajstić information content (AvgIpc) is 2.31. The molecule has 5 heteroatoms. The minimum atomic E-state index is -0.470. The van der Waals surface area contributed by atoms with Crippen LogP contribution in [0.4, 0.5) is 0 Å². The highest BCUT2D eigenvalue weighted by molar-refractivity contribution is 6.42. The van der Waals surface area contributed by atoms with Gasteiger partial charge in [0.2, 0.25) is 0 Å². The minimum absolute atomic E-state index is 0.385. The Balaban J connectivity index is 2.84. The smallest absolute Gasteiger partial charge is 0.176 e. The summed E-state index contributed by atoms with van der Waals surface area (Å²) in [5.74, 6) is 0. The first kappa shape index (κ1) is 14.7. The fraction of sp³-hybridized carbons (Fsp3) is 0.500. The number of halogens is 2. The molecule has 0 aliphatic heterocycles. The van der Waals surface area contributed by atoms with Crippen LogP contribution >= 0.6 is 23.2 Å². The highest BCUT2D eigenvalue weighted by Crippen LogP contribution is 2.27. The molecule has 1 aromatic carbocycles. The van der Waals surface area contributed by atoms with E-state index in [0.717, 1.165) is 5.56 Å². The lowest BCUT2D eigenvalue weighted by Crippen LogP contribution is -2.31. The number of nitrogens with two attached hydrogens (primary N) is 1. The SMILES string of the molecule is CCOC(OCC)C(N)c1ccc(Cl)c(Cl)c1. The summed E-state index contributed by atoms with van der Waals surface area (Å²) >= 11 is 11.8. The maximum absolute atomic E-state index is 6.08. The van der Waals surface area contributed by atoms with Crippen LogP contribution in [0.1, 0.15) is 25.5 Å². The van der Waals surface area contributed by atoms with E-state index in [1.165, 1.54) is 0 Å². The lowest BCUT2D eigenvalue weighted by atomic mass is 10.1. The molecule has 0 amide bonds. The molecule has 0 saturated carbocycles. The number of ether oxygens (including phenoxy) is 2. The van der Waals surface area contributed by atoms with Gasteiger partial charge < -0.3 is 15.2 Å². The van der Waals surface area contributed by atoms with Gasteiger partial charge in [0.05, 0.1) is 16.1 Å². The number of benzene rings is 1. The van der Waals surface area contributed by atoms with E-state index in [-0.39, 0.29) is 6.04 Å². The third-order valence-corrected chi connectivity index (χ3v) is 3.02. The molecule has 0 aliphatic rings. The Morgan fingerprint density at radius 2 is 1.71 bits per heavy atom. The van der Waals surface area contributed by atoms with Gasteiger partial charge in [-0.25, -0.2) is 0 Å². The molecule has 2 N–H and O–H groups in total. The van der Waals surface area contributed by atoms with Gasteiger partial charge in [-0.3, -0.25) is 0 Å². The zero-order chi connectivity index (χ0) is 12.8. The van der Waals surface area contributed by atoms with E-state index in [4.69, 9.17) is 38.4 Å². The Morgan fingerprint density at radius 1 is 1.12 bits per heavy atom. The Kier molecular flexibility index (Phi) is 6.23. The third kappa shape index (κ3) is 4.12. The normalized spacial score (nSPS) is 13.1. The molecule has 0 saturated heterocycles. The minimum Gasteiger partial charge on any atom is -0.351 e. The Hall–Kier alpha value is -0.320. The van der Waals surface area contributed by atoms with E-state index < -0.39 is 6.29 Å². The van der Waals surface area contributed by atoms with E-state index in [0.29, 0.717) is 23.3 Å². The quantitative estimate of drug-likeness (QED) is 0.811. The lowest BCUT2D eigenvalue weighted by Gasteiger charge is -2.24. The topological polar surface area (TPSA) is 44.5 Å². The molecule has 1 rings (SSSR count). The predicted molar refractivity (Wildman–Crippen MR) is 70.4 cm³/mol. The van der Waals surface area contributed by atoms with Crippen molar-refractivity contribution in [3.05, 3.63) is 33.8 Å². The zero-order valence-electron chi connectivity index (χ0n) is 9.95. The molecule has 0 heterocycles. The summed E-state index contributed by atoms with van der Waals surface area (Å²) < 4.78 is 10.9. The number of hydrogen-bond acceptors (Lipinski definition) is 3. The van der Waals surface area contributed by atoms with Crippen LogP contribution in [-0.2, 0) is 9.47 Å². The summed E-state index contributed by atoms with van der Waals surface area (Å²) in [6, 6.07) is 4.89. The summed E-state index contributed by atoms with van der Waals surface area (Å²) in [7, 11) is 0. The molecule has 0 radical (unpaired) electrons. The number of hydrogen-bond donors (Lipinski definition) is 1. The monoisotopic (exact) mass is 277 g/mol. The summed E-state index contributed by atoms with van der Waals surface area (Å²) in [6.07, 6.45) is -0.470. The van der Waals surface area contributed by atoms with Gasteiger partial charge in [-0.05, 0) is 31.5 Å². The third-order valence-electron chi connectivity index (χ3n) is 2.28. The van der Waals surface area contributed by atoms with Gasteiger partial charge in [0, 0.05) is 13.2 Å². The van der Waals surface area contributed by atoms with Crippen molar-refractivity contribution in [3.8, 4) is 0 Å². The molecular weight excluding hydrogens is 261 g/mol. The van der Waals surface area contributed by atoms with Crippen LogP contribution in [0.2, 0.25) is 10.0 Å². The van der Waals surface area contributed by atoms with Gasteiger partial charge in [-0.1, -0.05) is 29.3 Å². The summed E-state index contributed by atoms with van der Waals surface area (Å²) in [5.41, 5.74) is 6.92. The molecule has 0 fully saturated rings. The van der Waals surface area contributed by atoms with Crippen molar-refractivity contribution in [2.45, 2.75) is 26.2 Å². The van der Waals surface area contributed by atoms with Crippen molar-refractivity contribution in [1.29, 1.82) is 0 Å². The van der Waals surface area contributed by atoms with Crippen LogP contribution in [0.5, 0.6) is 0 Å². The molecule has 1 aromatic rings. The van der Waals surface area contributed by atoms with E-state index >= 15 is 0 Å². The fourth-order valence-electron chi connectivity index (χ4n) is 1.46. The van der Waals surface area contributed by atoms with Crippen LogP contribution < -0.4 is 5.73 Å². The van der Waals surface area contributed by atoms with Crippen molar-refractivity contribution in [2.24, 2.45) is 5.73 Å². The lowest BCUT2D eigenvalue weighted by molar-refractivity contribution is -0.149. The van der Waals surface area contributed by atoms with Gasteiger partial charge in [-0.2, -0.15) is 0 Å². The maximum atomic E-state index is 6.08. The second-order valence-electron chi connectivity index (χ2n) is 3.48. The van der Waals surface area contributed by atoms with Crippen LogP contribution in [0.15, 0.2) is 18.2 Å². The van der Waals surface area contributed by atoms with Gasteiger partial charge >= 0.3 is 0 Å². The van der Waals surface area contributed by atoms with Crippen LogP contribution in [0, 0.1) is 0 Å². The first-order valence-electron chi connectivity index (χ1n) is 5.53. The first-order valence-corrected chi connectivity index (χ1v) is 6.29. The van der Waals surface area contributed by atoms with Crippen molar-refractivity contribution in [1.82, 2.24) is 0 Å². The first-order chi connectivity index (χ1) is 8.10. The number of rotatable bonds is 6. The van der Waals surface area contributed by atoms with Gasteiger partial charge in [0.15, 0.2) is 6.29 Å². The highest BCUT2D eigenvalue weighted by atomic mass is 35.5. The molecule has 17 heavy (non-hydrogen) atoms. The summed E-state index contributed by atoms with van der Waals surface area (Å²) in [6.45, 7) is 4.88. The van der Waals surface area contributed by atoms with Crippen LogP contribution in [0.25, 0.3) is 0 Å². The fourth-order valence-corrected chi connectivity index (χ4v) is 1.77. The molecule has 1 unspecified atom stereocenters. The zero-order valence-corrected chi connectivity index (χ0v) is 11.5. The van der Waals surface area contributed by atoms with Crippen LogP contribution in [0.3, 0.4) is 0 Å². The van der Waals surface area contributed by atoms with E-state index in [1.807, 2.05) is 19.9 Å². The molecule has 96 valence electrons. The van der Waals surface area contributed by atoms with Crippen molar-refractivity contribution < 1.29 is 9.47 Å². The van der Waals surface area contributed by atoms with Crippen molar-refractivity contribution in [3.63, 3.8) is 0 Å². The summed E-state index contributed by atoms with van der Waals surface area (Å²) in [4.78, 5) is 0. The molecule has 3 nitrogen and oxygen atoms in total. The Bertz CT molecular complexity index is 354. The molecule has 1 atom stereocenters. The largest absolute Gasteiger partial charge is 0.351 e. The molecule has 0 bridgehead atoms. The Morgan fingerprint density at radius 3 is 2.18 bits per heavy atom. The van der Waals surface area contributed by atoms with Crippen LogP contribution in [-0.4, -0.2) is 19.5 Å². The molecular formula is C12H17Cl2NO2. The van der Waals surface area contributed by atoms with Gasteiger partial charge in [0.25, 0.3) is 0 Å². The summed E-state index contributed by atoms with van der Waals surface area (Å²) in [5, 5.41) is 0.985. The predicted octanol–water partition coefficient (Wildman–Crippen LogP) is 3.39. The second-order valence-corrected chi connectivity index (χ2v) is 4.29. The van der Waals surface area contributed by atoms with Gasteiger partial charge in [-0.15, -0.1) is 0 Å². The highest BCUT2D eigenvalue weighted by Gasteiger charge is 2.20. The van der Waals surface area contributed by atoms with Crippen molar-refractivity contribution >= 4 is 23.2 Å². The second kappa shape index (κ2) is 7.19. The molecule has 0 spiro atoms. The molecule has 0 aromatic heterocycles.